The SMILES string of the molecule is CC[C@@H](C)C(=O)N1Cc2ccccc2C[C@@H]1C(=O)NCCC(=O)OC. The largest absolute Gasteiger partial charge is 0.469 e. The summed E-state index contributed by atoms with van der Waals surface area (Å²) in [5.74, 6) is -0.738. The Labute approximate surface area is 148 Å². The number of carbonyl (C=O) groups excluding carboxylic acids is 3. The Bertz CT molecular complexity index is 644. The van der Waals surface area contributed by atoms with Crippen LogP contribution in [-0.4, -0.2) is 42.4 Å². The first kappa shape index (κ1) is 19.0. The number of ether oxygens (including phenoxy) is 1. The van der Waals surface area contributed by atoms with E-state index in [9.17, 15) is 14.4 Å². The van der Waals surface area contributed by atoms with E-state index < -0.39 is 6.04 Å². The fraction of sp³-hybridized carbons (Fsp3) is 0.526. The molecule has 136 valence electrons. The number of benzene rings is 1. The lowest BCUT2D eigenvalue weighted by Crippen LogP contribution is -2.54. The van der Waals surface area contributed by atoms with Gasteiger partial charge in [0.15, 0.2) is 0 Å². The van der Waals surface area contributed by atoms with Crippen LogP contribution in [0.4, 0.5) is 0 Å². The molecule has 0 aromatic heterocycles. The van der Waals surface area contributed by atoms with Crippen molar-refractivity contribution in [3.8, 4) is 0 Å². The van der Waals surface area contributed by atoms with E-state index in [2.05, 4.69) is 10.1 Å². The average Bonchev–Trinajstić information content (AvgIpc) is 2.65. The molecule has 0 aliphatic carbocycles. The molecule has 2 rings (SSSR count). The summed E-state index contributed by atoms with van der Waals surface area (Å²) in [5.41, 5.74) is 2.17. The molecule has 0 unspecified atom stereocenters. The van der Waals surface area contributed by atoms with Crippen LogP contribution in [0.25, 0.3) is 0 Å². The second-order valence-corrected chi connectivity index (χ2v) is 6.38. The molecule has 1 aliphatic heterocycles. The van der Waals surface area contributed by atoms with E-state index in [-0.39, 0.29) is 36.7 Å². The third-order valence-electron chi connectivity index (χ3n) is 4.72. The Morgan fingerprint density at radius 2 is 1.96 bits per heavy atom. The Kier molecular flexibility index (Phi) is 6.56. The van der Waals surface area contributed by atoms with Crippen molar-refractivity contribution < 1.29 is 19.1 Å². The van der Waals surface area contributed by atoms with E-state index in [0.29, 0.717) is 13.0 Å². The van der Waals surface area contributed by atoms with Crippen molar-refractivity contribution >= 4 is 17.8 Å². The van der Waals surface area contributed by atoms with E-state index >= 15 is 0 Å². The number of hydrogen-bond donors (Lipinski definition) is 1. The van der Waals surface area contributed by atoms with Crippen LogP contribution in [0.15, 0.2) is 24.3 Å². The predicted molar refractivity (Wildman–Crippen MR) is 93.6 cm³/mol. The van der Waals surface area contributed by atoms with Crippen molar-refractivity contribution in [2.45, 2.75) is 45.7 Å². The van der Waals surface area contributed by atoms with Crippen LogP contribution in [0.3, 0.4) is 0 Å². The van der Waals surface area contributed by atoms with Crippen LogP contribution < -0.4 is 5.32 Å². The zero-order chi connectivity index (χ0) is 18.4. The van der Waals surface area contributed by atoms with Gasteiger partial charge in [-0.15, -0.1) is 0 Å². The molecule has 0 radical (unpaired) electrons. The Hall–Kier alpha value is -2.37. The minimum Gasteiger partial charge on any atom is -0.469 e. The third kappa shape index (κ3) is 4.59. The van der Waals surface area contributed by atoms with Gasteiger partial charge in [0.05, 0.1) is 13.5 Å². The van der Waals surface area contributed by atoms with Gasteiger partial charge >= 0.3 is 5.97 Å². The van der Waals surface area contributed by atoms with E-state index in [1.807, 2.05) is 38.1 Å². The molecule has 1 aromatic rings. The lowest BCUT2D eigenvalue weighted by molar-refractivity contribution is -0.145. The number of nitrogens with zero attached hydrogens (tertiary/aromatic N) is 1. The molecular weight excluding hydrogens is 320 g/mol. The molecule has 2 atom stereocenters. The van der Waals surface area contributed by atoms with Gasteiger partial charge in [0.1, 0.15) is 6.04 Å². The van der Waals surface area contributed by atoms with Gasteiger partial charge in [0.2, 0.25) is 11.8 Å². The van der Waals surface area contributed by atoms with Gasteiger partial charge in [-0.05, 0) is 17.5 Å². The van der Waals surface area contributed by atoms with Gasteiger partial charge in [-0.2, -0.15) is 0 Å². The molecule has 0 saturated heterocycles. The van der Waals surface area contributed by atoms with E-state index in [1.54, 1.807) is 4.90 Å². The lowest BCUT2D eigenvalue weighted by Gasteiger charge is -2.37. The smallest absolute Gasteiger partial charge is 0.307 e. The highest BCUT2D eigenvalue weighted by Gasteiger charge is 2.35. The first-order chi connectivity index (χ1) is 12.0. The first-order valence-corrected chi connectivity index (χ1v) is 8.69. The quantitative estimate of drug-likeness (QED) is 0.795. The fourth-order valence-electron chi connectivity index (χ4n) is 2.95. The molecule has 25 heavy (non-hydrogen) atoms. The zero-order valence-electron chi connectivity index (χ0n) is 15.1. The van der Waals surface area contributed by atoms with Gasteiger partial charge in [-0.1, -0.05) is 38.1 Å². The van der Waals surface area contributed by atoms with E-state index in [1.165, 1.54) is 7.11 Å². The molecule has 0 saturated carbocycles. The molecule has 0 bridgehead atoms. The molecule has 0 spiro atoms. The first-order valence-electron chi connectivity index (χ1n) is 8.69. The molecule has 6 heteroatoms. The summed E-state index contributed by atoms with van der Waals surface area (Å²) in [5, 5.41) is 2.76. The molecule has 2 amide bonds. The molecule has 6 nitrogen and oxygen atoms in total. The van der Waals surface area contributed by atoms with E-state index in [4.69, 9.17) is 0 Å². The molecule has 1 N–H and O–H groups in total. The summed E-state index contributed by atoms with van der Waals surface area (Å²) in [7, 11) is 1.31. The minimum atomic E-state index is -0.547. The topological polar surface area (TPSA) is 75.7 Å². The predicted octanol–water partition coefficient (Wildman–Crippen LogP) is 1.67. The van der Waals surface area contributed by atoms with Gasteiger partial charge in [0.25, 0.3) is 0 Å². The average molecular weight is 346 g/mol. The second-order valence-electron chi connectivity index (χ2n) is 6.38. The van der Waals surface area contributed by atoms with Crippen LogP contribution in [0.5, 0.6) is 0 Å². The monoisotopic (exact) mass is 346 g/mol. The number of hydrogen-bond acceptors (Lipinski definition) is 4. The van der Waals surface area contributed by atoms with E-state index in [0.717, 1.165) is 17.5 Å². The summed E-state index contributed by atoms with van der Waals surface area (Å²) >= 11 is 0. The summed E-state index contributed by atoms with van der Waals surface area (Å²) in [6.07, 6.45) is 1.33. The van der Waals surface area contributed by atoms with Crippen molar-refractivity contribution in [1.29, 1.82) is 0 Å². The number of fused-ring (bicyclic) bond motifs is 1. The van der Waals surface area contributed by atoms with Crippen molar-refractivity contribution in [2.24, 2.45) is 5.92 Å². The highest BCUT2D eigenvalue weighted by molar-refractivity contribution is 5.89. The van der Waals surface area contributed by atoms with Crippen molar-refractivity contribution in [3.05, 3.63) is 35.4 Å². The van der Waals surface area contributed by atoms with Crippen molar-refractivity contribution in [2.75, 3.05) is 13.7 Å². The standard InChI is InChI=1S/C19H26N2O4/c1-4-13(2)19(24)21-12-15-8-6-5-7-14(15)11-16(21)18(23)20-10-9-17(22)25-3/h5-8,13,16H,4,9-12H2,1-3H3,(H,20,23)/t13-,16-/m1/s1. The molecule has 0 fully saturated rings. The maximum Gasteiger partial charge on any atom is 0.307 e. The Morgan fingerprint density at radius 3 is 2.60 bits per heavy atom. The summed E-state index contributed by atoms with van der Waals surface area (Å²) < 4.78 is 4.57. The second kappa shape index (κ2) is 8.65. The highest BCUT2D eigenvalue weighted by atomic mass is 16.5. The molecule has 1 aliphatic rings. The number of rotatable bonds is 6. The fourth-order valence-corrected chi connectivity index (χ4v) is 2.95. The summed E-state index contributed by atoms with van der Waals surface area (Å²) in [4.78, 5) is 38.3. The zero-order valence-corrected chi connectivity index (χ0v) is 15.1. The van der Waals surface area contributed by atoms with Crippen molar-refractivity contribution in [3.63, 3.8) is 0 Å². The van der Waals surface area contributed by atoms with Crippen LogP contribution in [0.1, 0.15) is 37.8 Å². The number of nitrogens with one attached hydrogen (secondary N) is 1. The van der Waals surface area contributed by atoms with Crippen LogP contribution in [0.2, 0.25) is 0 Å². The Morgan fingerprint density at radius 1 is 1.28 bits per heavy atom. The third-order valence-corrected chi connectivity index (χ3v) is 4.72. The van der Waals surface area contributed by atoms with Gasteiger partial charge in [-0.25, -0.2) is 0 Å². The van der Waals surface area contributed by atoms with Crippen LogP contribution in [-0.2, 0) is 32.1 Å². The maximum atomic E-state index is 12.8. The van der Waals surface area contributed by atoms with Gasteiger partial charge in [0, 0.05) is 25.4 Å². The summed E-state index contributed by atoms with van der Waals surface area (Å²) in [6.45, 7) is 4.49. The highest BCUT2D eigenvalue weighted by Crippen LogP contribution is 2.25. The minimum absolute atomic E-state index is 0.00915. The molecule has 1 heterocycles. The lowest BCUT2D eigenvalue weighted by atomic mass is 9.92. The number of amides is 2. The Balaban J connectivity index is 2.14. The molecular formula is C19H26N2O4. The number of carbonyl (C=O) groups is 3. The van der Waals surface area contributed by atoms with Crippen molar-refractivity contribution in [1.82, 2.24) is 10.2 Å². The molecule has 1 aromatic carbocycles. The normalized spacial score (nSPS) is 17.4. The number of esters is 1. The summed E-state index contributed by atoms with van der Waals surface area (Å²) in [6, 6.07) is 7.33. The maximum absolute atomic E-state index is 12.8. The van der Waals surface area contributed by atoms with Gasteiger partial charge in [-0.3, -0.25) is 14.4 Å². The van der Waals surface area contributed by atoms with Crippen LogP contribution >= 0.6 is 0 Å². The van der Waals surface area contributed by atoms with Gasteiger partial charge < -0.3 is 15.0 Å². The van der Waals surface area contributed by atoms with Crippen LogP contribution in [0, 0.1) is 5.92 Å². The number of methoxy groups -OCH3 is 1.